The van der Waals surface area contributed by atoms with Crippen LogP contribution >= 0.6 is 0 Å². The number of anilines is 3. The first kappa shape index (κ1) is 11.4. The molecule has 3 N–H and O–H groups in total. The van der Waals surface area contributed by atoms with Crippen LogP contribution in [0.2, 0.25) is 0 Å². The van der Waals surface area contributed by atoms with Crippen LogP contribution in [0.5, 0.6) is 0 Å². The zero-order valence-electron chi connectivity index (χ0n) is 9.38. The smallest absolute Gasteiger partial charge is 0.132 e. The van der Waals surface area contributed by atoms with Gasteiger partial charge in [0.2, 0.25) is 0 Å². The summed E-state index contributed by atoms with van der Waals surface area (Å²) in [5.41, 5.74) is 6.79. The van der Waals surface area contributed by atoms with Gasteiger partial charge < -0.3 is 11.1 Å². The average Bonchev–Trinajstić information content (AvgIpc) is 2.39. The van der Waals surface area contributed by atoms with Gasteiger partial charge in [0.1, 0.15) is 23.8 Å². The second kappa shape index (κ2) is 4.86. The van der Waals surface area contributed by atoms with Crippen molar-refractivity contribution in [3.05, 3.63) is 47.5 Å². The van der Waals surface area contributed by atoms with Crippen molar-refractivity contribution in [1.82, 2.24) is 4.98 Å². The van der Waals surface area contributed by atoms with E-state index in [0.29, 0.717) is 28.5 Å². The van der Waals surface area contributed by atoms with Crippen LogP contribution in [0.3, 0.4) is 0 Å². The number of nitrogens with two attached hydrogens (primary N) is 1. The molecule has 2 rings (SSSR count). The maximum absolute atomic E-state index is 9.03. The summed E-state index contributed by atoms with van der Waals surface area (Å²) in [5.74, 6) is 0.863. The zero-order chi connectivity index (χ0) is 13.0. The lowest BCUT2D eigenvalue weighted by Gasteiger charge is -2.09. The van der Waals surface area contributed by atoms with E-state index in [4.69, 9.17) is 16.3 Å². The van der Waals surface area contributed by atoms with Crippen molar-refractivity contribution < 1.29 is 0 Å². The van der Waals surface area contributed by atoms with Crippen LogP contribution in [0.4, 0.5) is 17.3 Å². The quantitative estimate of drug-likeness (QED) is 0.830. The van der Waals surface area contributed by atoms with Gasteiger partial charge in [0.25, 0.3) is 0 Å². The van der Waals surface area contributed by atoms with Gasteiger partial charge in [0.05, 0.1) is 16.8 Å². The minimum atomic E-state index is 0.368. The molecule has 0 aliphatic carbocycles. The summed E-state index contributed by atoms with van der Waals surface area (Å²) in [6, 6.07) is 14.1. The van der Waals surface area contributed by atoms with E-state index in [9.17, 15) is 0 Å². The Balaban J connectivity index is 2.46. The molecule has 0 fully saturated rings. The highest BCUT2D eigenvalue weighted by Crippen LogP contribution is 2.23. The van der Waals surface area contributed by atoms with E-state index in [2.05, 4.69) is 10.3 Å². The molecule has 0 atom stereocenters. The predicted molar refractivity (Wildman–Crippen MR) is 67.8 cm³/mol. The van der Waals surface area contributed by atoms with Crippen LogP contribution in [0.15, 0.2) is 36.4 Å². The molecule has 1 heterocycles. The molecule has 0 unspecified atom stereocenters. The van der Waals surface area contributed by atoms with E-state index in [1.54, 1.807) is 36.4 Å². The first-order chi connectivity index (χ1) is 8.74. The van der Waals surface area contributed by atoms with Crippen LogP contribution in [-0.4, -0.2) is 4.98 Å². The standard InChI is InChI=1S/C13H9N5/c14-7-9-3-1-4-10(8-15)13(9)18-12-6-2-5-11(16)17-12/h1-6H,(H3,16,17,18). The van der Waals surface area contributed by atoms with Gasteiger partial charge in [-0.2, -0.15) is 10.5 Å². The Morgan fingerprint density at radius 1 is 1.00 bits per heavy atom. The average molecular weight is 235 g/mol. The molecule has 0 aliphatic heterocycles. The molecule has 0 saturated heterocycles. The largest absolute Gasteiger partial charge is 0.384 e. The van der Waals surface area contributed by atoms with Crippen LogP contribution in [0.25, 0.3) is 0 Å². The molecule has 0 amide bonds. The fourth-order valence-electron chi connectivity index (χ4n) is 1.52. The molecule has 0 spiro atoms. The molecule has 86 valence electrons. The van der Waals surface area contributed by atoms with Crippen molar-refractivity contribution in [1.29, 1.82) is 10.5 Å². The van der Waals surface area contributed by atoms with E-state index in [1.165, 1.54) is 0 Å². The van der Waals surface area contributed by atoms with Crippen molar-refractivity contribution in [3.63, 3.8) is 0 Å². The molecule has 0 aliphatic rings. The number of hydrogen-bond donors (Lipinski definition) is 2. The first-order valence-electron chi connectivity index (χ1n) is 5.17. The topological polar surface area (TPSA) is 98.5 Å². The summed E-state index contributed by atoms with van der Waals surface area (Å²) in [4.78, 5) is 4.07. The molecule has 0 radical (unpaired) electrons. The van der Waals surface area contributed by atoms with E-state index < -0.39 is 0 Å². The lowest BCUT2D eigenvalue weighted by atomic mass is 10.1. The van der Waals surface area contributed by atoms with Gasteiger partial charge in [-0.15, -0.1) is 0 Å². The molecular formula is C13H9N5. The molecule has 18 heavy (non-hydrogen) atoms. The lowest BCUT2D eigenvalue weighted by Crippen LogP contribution is -2.00. The SMILES string of the molecule is N#Cc1cccc(C#N)c1Nc1cccc(N)n1. The van der Waals surface area contributed by atoms with Crippen LogP contribution in [-0.2, 0) is 0 Å². The maximum Gasteiger partial charge on any atom is 0.132 e. The number of nitrogens with zero attached hydrogens (tertiary/aromatic N) is 3. The van der Waals surface area contributed by atoms with Crippen molar-refractivity contribution >= 4 is 17.3 Å². The number of pyridine rings is 1. The summed E-state index contributed by atoms with van der Waals surface area (Å²) in [6.07, 6.45) is 0. The van der Waals surface area contributed by atoms with Crippen molar-refractivity contribution in [2.45, 2.75) is 0 Å². The number of nitriles is 2. The summed E-state index contributed by atoms with van der Waals surface area (Å²) in [6.45, 7) is 0. The Bertz CT molecular complexity index is 632. The Morgan fingerprint density at radius 3 is 2.17 bits per heavy atom. The maximum atomic E-state index is 9.03. The molecule has 1 aromatic carbocycles. The third-order valence-electron chi connectivity index (χ3n) is 2.33. The number of benzene rings is 1. The highest BCUT2D eigenvalue weighted by molar-refractivity contribution is 5.71. The minimum absolute atomic E-state index is 0.368. The summed E-state index contributed by atoms with van der Waals surface area (Å²) in [5, 5.41) is 21.0. The van der Waals surface area contributed by atoms with Gasteiger partial charge in [-0.3, -0.25) is 0 Å². The van der Waals surface area contributed by atoms with Gasteiger partial charge >= 0.3 is 0 Å². The zero-order valence-corrected chi connectivity index (χ0v) is 9.38. The van der Waals surface area contributed by atoms with E-state index in [0.717, 1.165) is 0 Å². The van der Waals surface area contributed by atoms with Crippen LogP contribution in [0, 0.1) is 22.7 Å². The second-order valence-corrected chi connectivity index (χ2v) is 3.52. The molecule has 0 saturated carbocycles. The fourth-order valence-corrected chi connectivity index (χ4v) is 1.52. The summed E-state index contributed by atoms with van der Waals surface area (Å²) < 4.78 is 0. The van der Waals surface area contributed by atoms with Crippen molar-refractivity contribution in [3.8, 4) is 12.1 Å². The highest BCUT2D eigenvalue weighted by atomic mass is 15.0. The lowest BCUT2D eigenvalue weighted by molar-refractivity contribution is 1.31. The molecule has 1 aromatic heterocycles. The van der Waals surface area contributed by atoms with Gasteiger partial charge in [-0.1, -0.05) is 12.1 Å². The number of aromatic nitrogens is 1. The normalized spacial score (nSPS) is 9.22. The van der Waals surface area contributed by atoms with Gasteiger partial charge in [-0.05, 0) is 24.3 Å². The van der Waals surface area contributed by atoms with Crippen LogP contribution < -0.4 is 11.1 Å². The highest BCUT2D eigenvalue weighted by Gasteiger charge is 2.08. The van der Waals surface area contributed by atoms with E-state index in [-0.39, 0.29) is 0 Å². The minimum Gasteiger partial charge on any atom is -0.384 e. The second-order valence-electron chi connectivity index (χ2n) is 3.52. The molecule has 5 nitrogen and oxygen atoms in total. The van der Waals surface area contributed by atoms with Gasteiger partial charge in [-0.25, -0.2) is 4.98 Å². The van der Waals surface area contributed by atoms with E-state index in [1.807, 2.05) is 12.1 Å². The Hall–Kier alpha value is -3.05. The summed E-state index contributed by atoms with van der Waals surface area (Å²) >= 11 is 0. The Morgan fingerprint density at radius 2 is 1.61 bits per heavy atom. The third-order valence-corrected chi connectivity index (χ3v) is 2.33. The Labute approximate surface area is 104 Å². The Kier molecular flexibility index (Phi) is 3.08. The molecular weight excluding hydrogens is 226 g/mol. The number of nitrogens with one attached hydrogen (secondary N) is 1. The number of hydrogen-bond acceptors (Lipinski definition) is 5. The fraction of sp³-hybridized carbons (Fsp3) is 0. The predicted octanol–water partition coefficient (Wildman–Crippen LogP) is 2.15. The molecule has 5 heteroatoms. The number of para-hydroxylation sites is 1. The third kappa shape index (κ3) is 2.21. The molecule has 2 aromatic rings. The van der Waals surface area contributed by atoms with Crippen molar-refractivity contribution in [2.24, 2.45) is 0 Å². The molecule has 0 bridgehead atoms. The van der Waals surface area contributed by atoms with Gasteiger partial charge in [0, 0.05) is 0 Å². The van der Waals surface area contributed by atoms with Crippen LogP contribution in [0.1, 0.15) is 11.1 Å². The number of nitrogen functional groups attached to an aromatic ring is 1. The summed E-state index contributed by atoms with van der Waals surface area (Å²) in [7, 11) is 0. The van der Waals surface area contributed by atoms with Crippen molar-refractivity contribution in [2.75, 3.05) is 11.1 Å². The first-order valence-corrected chi connectivity index (χ1v) is 5.17. The van der Waals surface area contributed by atoms with Gasteiger partial charge in [0.15, 0.2) is 0 Å². The van der Waals surface area contributed by atoms with E-state index >= 15 is 0 Å². The number of rotatable bonds is 2. The monoisotopic (exact) mass is 235 g/mol.